The summed E-state index contributed by atoms with van der Waals surface area (Å²) < 4.78 is 0. The quantitative estimate of drug-likeness (QED) is 0.882. The molecule has 2 aromatic rings. The molecule has 0 saturated heterocycles. The molecule has 16 heavy (non-hydrogen) atoms. The molecule has 0 amide bonds. The topological polar surface area (TPSA) is 37.8 Å². The monoisotopic (exact) mass is 233 g/mol. The number of aromatic nitrogens is 2. The van der Waals surface area contributed by atoms with E-state index in [0.717, 1.165) is 17.2 Å². The minimum atomic E-state index is 0.324. The molecule has 3 nitrogen and oxygen atoms in total. The molecule has 0 aliphatic carbocycles. The first-order valence-electron chi connectivity index (χ1n) is 5.30. The third-order valence-electron chi connectivity index (χ3n) is 2.46. The molecule has 1 N–H and O–H groups in total. The lowest BCUT2D eigenvalue weighted by Gasteiger charge is -2.12. The van der Waals surface area contributed by atoms with Gasteiger partial charge in [0.05, 0.1) is 10.7 Å². The highest BCUT2D eigenvalue weighted by molar-refractivity contribution is 7.09. The summed E-state index contributed by atoms with van der Waals surface area (Å²) in [6.45, 7) is 4.99. The van der Waals surface area contributed by atoms with Crippen LogP contribution in [-0.2, 0) is 6.54 Å². The summed E-state index contributed by atoms with van der Waals surface area (Å²) in [6, 6.07) is 4.39. The van der Waals surface area contributed by atoms with Crippen molar-refractivity contribution in [2.45, 2.75) is 26.4 Å². The van der Waals surface area contributed by atoms with Gasteiger partial charge in [-0.3, -0.25) is 4.98 Å². The van der Waals surface area contributed by atoms with Crippen LogP contribution in [0.4, 0.5) is 0 Å². The van der Waals surface area contributed by atoms with Gasteiger partial charge in [-0.2, -0.15) is 0 Å². The third-order valence-corrected chi connectivity index (χ3v) is 3.28. The number of nitrogens with zero attached hydrogens (tertiary/aromatic N) is 2. The smallest absolute Gasteiger partial charge is 0.0897 e. The molecular weight excluding hydrogens is 218 g/mol. The van der Waals surface area contributed by atoms with E-state index in [0.29, 0.717) is 6.04 Å². The van der Waals surface area contributed by atoms with Gasteiger partial charge in [-0.15, -0.1) is 11.3 Å². The van der Waals surface area contributed by atoms with Gasteiger partial charge < -0.3 is 5.32 Å². The van der Waals surface area contributed by atoms with Gasteiger partial charge in [-0.1, -0.05) is 0 Å². The molecule has 0 fully saturated rings. The van der Waals surface area contributed by atoms with Crippen molar-refractivity contribution < 1.29 is 0 Å². The maximum Gasteiger partial charge on any atom is 0.0897 e. The Kier molecular flexibility index (Phi) is 3.64. The fraction of sp³-hybridized carbons (Fsp3) is 0.333. The molecule has 0 saturated carbocycles. The highest BCUT2D eigenvalue weighted by Crippen LogP contribution is 2.12. The van der Waals surface area contributed by atoms with Gasteiger partial charge >= 0.3 is 0 Å². The number of hydrogen-bond donors (Lipinski definition) is 1. The summed E-state index contributed by atoms with van der Waals surface area (Å²) in [4.78, 5) is 8.43. The summed E-state index contributed by atoms with van der Waals surface area (Å²) in [5.41, 5.74) is 2.37. The normalized spacial score (nSPS) is 12.6. The number of nitrogens with one attached hydrogen (secondary N) is 1. The van der Waals surface area contributed by atoms with Gasteiger partial charge in [0.25, 0.3) is 0 Å². The SMILES string of the molecule is Cc1nc(CN[C@@H](C)c2ccncc2)cs1. The summed E-state index contributed by atoms with van der Waals surface area (Å²) >= 11 is 1.69. The van der Waals surface area contributed by atoms with Crippen LogP contribution in [0.3, 0.4) is 0 Å². The first-order chi connectivity index (χ1) is 7.75. The average molecular weight is 233 g/mol. The summed E-state index contributed by atoms with van der Waals surface area (Å²) in [6.07, 6.45) is 3.64. The van der Waals surface area contributed by atoms with E-state index in [9.17, 15) is 0 Å². The zero-order valence-electron chi connectivity index (χ0n) is 9.47. The van der Waals surface area contributed by atoms with Crippen LogP contribution >= 0.6 is 11.3 Å². The second-order valence-corrected chi connectivity index (χ2v) is 4.80. The zero-order chi connectivity index (χ0) is 11.4. The molecule has 0 spiro atoms. The second-order valence-electron chi connectivity index (χ2n) is 3.74. The predicted molar refractivity (Wildman–Crippen MR) is 66.3 cm³/mol. The lowest BCUT2D eigenvalue weighted by molar-refractivity contribution is 0.568. The Balaban J connectivity index is 1.91. The van der Waals surface area contributed by atoms with Gasteiger partial charge in [0.2, 0.25) is 0 Å². The van der Waals surface area contributed by atoms with E-state index in [1.54, 1.807) is 11.3 Å². The molecule has 2 rings (SSSR count). The fourth-order valence-electron chi connectivity index (χ4n) is 1.52. The van der Waals surface area contributed by atoms with E-state index in [2.05, 4.69) is 27.6 Å². The van der Waals surface area contributed by atoms with Crippen LogP contribution in [0.25, 0.3) is 0 Å². The van der Waals surface area contributed by atoms with Crippen LogP contribution in [0.1, 0.15) is 29.2 Å². The highest BCUT2D eigenvalue weighted by atomic mass is 32.1. The molecule has 4 heteroatoms. The number of thiazole rings is 1. The maximum absolute atomic E-state index is 4.42. The average Bonchev–Trinajstić information content (AvgIpc) is 2.73. The van der Waals surface area contributed by atoms with Gasteiger partial charge in [0.1, 0.15) is 0 Å². The maximum atomic E-state index is 4.42. The molecule has 0 aliphatic rings. The van der Waals surface area contributed by atoms with Crippen LogP contribution in [0.2, 0.25) is 0 Å². The molecule has 1 atom stereocenters. The molecule has 0 aliphatic heterocycles. The summed E-state index contributed by atoms with van der Waals surface area (Å²) in [5.74, 6) is 0. The van der Waals surface area contributed by atoms with Crippen LogP contribution in [-0.4, -0.2) is 9.97 Å². The van der Waals surface area contributed by atoms with Gasteiger partial charge in [-0.05, 0) is 31.5 Å². The first kappa shape index (κ1) is 11.2. The lowest BCUT2D eigenvalue weighted by Crippen LogP contribution is -2.18. The molecule has 2 heterocycles. The molecule has 0 aromatic carbocycles. The van der Waals surface area contributed by atoms with Crippen LogP contribution in [0.5, 0.6) is 0 Å². The Bertz CT molecular complexity index is 439. The van der Waals surface area contributed by atoms with E-state index in [1.807, 2.05) is 31.5 Å². The van der Waals surface area contributed by atoms with Crippen LogP contribution < -0.4 is 5.32 Å². The van der Waals surface area contributed by atoms with Crippen molar-refractivity contribution in [3.63, 3.8) is 0 Å². The lowest BCUT2D eigenvalue weighted by atomic mass is 10.1. The minimum absolute atomic E-state index is 0.324. The van der Waals surface area contributed by atoms with Crippen molar-refractivity contribution in [1.82, 2.24) is 15.3 Å². The van der Waals surface area contributed by atoms with E-state index in [4.69, 9.17) is 0 Å². The Morgan fingerprint density at radius 1 is 1.38 bits per heavy atom. The van der Waals surface area contributed by atoms with Crippen molar-refractivity contribution in [2.24, 2.45) is 0 Å². The number of pyridine rings is 1. The minimum Gasteiger partial charge on any atom is -0.305 e. The number of hydrogen-bond acceptors (Lipinski definition) is 4. The fourth-order valence-corrected chi connectivity index (χ4v) is 2.13. The van der Waals surface area contributed by atoms with E-state index in [1.165, 1.54) is 5.56 Å². The second kappa shape index (κ2) is 5.18. The van der Waals surface area contributed by atoms with Crippen LogP contribution in [0, 0.1) is 6.92 Å². The van der Waals surface area contributed by atoms with Crippen molar-refractivity contribution in [3.8, 4) is 0 Å². The largest absolute Gasteiger partial charge is 0.305 e. The van der Waals surface area contributed by atoms with Gasteiger partial charge in [0, 0.05) is 30.4 Å². The molecule has 2 aromatic heterocycles. The first-order valence-corrected chi connectivity index (χ1v) is 6.18. The molecule has 84 valence electrons. The predicted octanol–water partition coefficient (Wildman–Crippen LogP) is 2.70. The summed E-state index contributed by atoms with van der Waals surface area (Å²) in [7, 11) is 0. The highest BCUT2D eigenvalue weighted by Gasteiger charge is 2.05. The molecule has 0 unspecified atom stereocenters. The van der Waals surface area contributed by atoms with E-state index < -0.39 is 0 Å². The van der Waals surface area contributed by atoms with Crippen molar-refractivity contribution in [1.29, 1.82) is 0 Å². The third kappa shape index (κ3) is 2.87. The molecular formula is C12H15N3S. The standard InChI is InChI=1S/C12H15N3S/c1-9(11-3-5-13-6-4-11)14-7-12-8-16-10(2)15-12/h3-6,8-9,14H,7H2,1-2H3/t9-/m0/s1. The molecule has 0 bridgehead atoms. The van der Waals surface area contributed by atoms with Gasteiger partial charge in [0.15, 0.2) is 0 Å². The Hall–Kier alpha value is -1.26. The summed E-state index contributed by atoms with van der Waals surface area (Å²) in [5, 5.41) is 6.66. The van der Waals surface area contributed by atoms with Crippen LogP contribution in [0.15, 0.2) is 29.9 Å². The molecule has 0 radical (unpaired) electrons. The number of aryl methyl sites for hydroxylation is 1. The van der Waals surface area contributed by atoms with E-state index >= 15 is 0 Å². The van der Waals surface area contributed by atoms with Crippen molar-refractivity contribution in [2.75, 3.05) is 0 Å². The Morgan fingerprint density at radius 2 is 2.12 bits per heavy atom. The van der Waals surface area contributed by atoms with E-state index in [-0.39, 0.29) is 0 Å². The zero-order valence-corrected chi connectivity index (χ0v) is 10.3. The van der Waals surface area contributed by atoms with Gasteiger partial charge in [-0.25, -0.2) is 4.98 Å². The Morgan fingerprint density at radius 3 is 2.75 bits per heavy atom. The van der Waals surface area contributed by atoms with Crippen molar-refractivity contribution in [3.05, 3.63) is 46.2 Å². The number of rotatable bonds is 4. The Labute approximate surface area is 99.6 Å². The van der Waals surface area contributed by atoms with Crippen molar-refractivity contribution >= 4 is 11.3 Å².